The van der Waals surface area contributed by atoms with E-state index in [9.17, 15) is 0 Å². The summed E-state index contributed by atoms with van der Waals surface area (Å²) in [6.45, 7) is 20.9. The van der Waals surface area contributed by atoms with Crippen LogP contribution in [0.25, 0.3) is 0 Å². The molecule has 108 valence electrons. The molecular weight excluding hydrogens is 222 g/mol. The number of nitrogens with zero attached hydrogens (tertiary/aromatic N) is 3. The molecule has 0 atom stereocenters. The van der Waals surface area contributed by atoms with E-state index in [0.29, 0.717) is 0 Å². The highest BCUT2D eigenvalue weighted by Gasteiger charge is 2.34. The van der Waals surface area contributed by atoms with Crippen LogP contribution >= 0.6 is 0 Å². The molecular formula is C15H33N3. The molecule has 3 nitrogen and oxygen atoms in total. The fraction of sp³-hybridized carbons (Fsp3) is 1.00. The van der Waals surface area contributed by atoms with E-state index in [1.54, 1.807) is 0 Å². The number of hydrogen-bond donors (Lipinski definition) is 0. The van der Waals surface area contributed by atoms with Crippen LogP contribution in [-0.2, 0) is 0 Å². The molecule has 0 N–H and O–H groups in total. The number of hydrogen-bond acceptors (Lipinski definition) is 3. The maximum absolute atomic E-state index is 2.69. The van der Waals surface area contributed by atoms with Gasteiger partial charge in [0, 0.05) is 57.4 Å². The van der Waals surface area contributed by atoms with Crippen molar-refractivity contribution in [2.24, 2.45) is 0 Å². The van der Waals surface area contributed by atoms with E-state index < -0.39 is 0 Å². The summed E-state index contributed by atoms with van der Waals surface area (Å²) in [5.41, 5.74) is 0. The van der Waals surface area contributed by atoms with Crippen LogP contribution in [0.4, 0.5) is 0 Å². The van der Waals surface area contributed by atoms with Gasteiger partial charge in [-0.05, 0) is 27.7 Å². The molecule has 0 aromatic heterocycles. The summed E-state index contributed by atoms with van der Waals surface area (Å²) >= 11 is 0. The first kappa shape index (κ1) is 15.9. The number of rotatable bonds is 3. The van der Waals surface area contributed by atoms with Gasteiger partial charge in [0.25, 0.3) is 0 Å². The van der Waals surface area contributed by atoms with Crippen molar-refractivity contribution in [1.29, 1.82) is 0 Å². The molecule has 0 spiro atoms. The van der Waals surface area contributed by atoms with Crippen LogP contribution in [-0.4, -0.2) is 72.1 Å². The van der Waals surface area contributed by atoms with E-state index in [1.165, 1.54) is 39.3 Å². The highest BCUT2D eigenvalue weighted by Crippen LogP contribution is 2.19. The van der Waals surface area contributed by atoms with Crippen molar-refractivity contribution in [3.05, 3.63) is 0 Å². The van der Waals surface area contributed by atoms with Crippen LogP contribution in [0.15, 0.2) is 0 Å². The zero-order chi connectivity index (χ0) is 13.7. The van der Waals surface area contributed by atoms with Crippen LogP contribution in [0.3, 0.4) is 0 Å². The maximum Gasteiger partial charge on any atom is 0.0351 e. The predicted octanol–water partition coefficient (Wildman–Crippen LogP) is 2.13. The highest BCUT2D eigenvalue weighted by atomic mass is 15.4. The predicted molar refractivity (Wildman–Crippen MR) is 80.1 cm³/mol. The molecule has 2 aliphatic rings. The fourth-order valence-electron chi connectivity index (χ4n) is 2.76. The van der Waals surface area contributed by atoms with Crippen molar-refractivity contribution in [3.8, 4) is 0 Å². The largest absolute Gasteiger partial charge is 0.298 e. The second kappa shape index (κ2) is 7.46. The van der Waals surface area contributed by atoms with Crippen molar-refractivity contribution in [3.63, 3.8) is 0 Å². The molecule has 0 aliphatic carbocycles. The lowest BCUT2D eigenvalue weighted by Crippen LogP contribution is -2.64. The van der Waals surface area contributed by atoms with E-state index in [2.05, 4.69) is 42.4 Å². The summed E-state index contributed by atoms with van der Waals surface area (Å²) in [5.74, 6) is 0. The maximum atomic E-state index is 2.69. The highest BCUT2D eigenvalue weighted by molar-refractivity contribution is 4.91. The molecule has 2 heterocycles. The quantitative estimate of drug-likeness (QED) is 0.765. The third kappa shape index (κ3) is 3.94. The van der Waals surface area contributed by atoms with Crippen LogP contribution in [0.5, 0.6) is 0 Å². The molecule has 2 aliphatic heterocycles. The summed E-state index contributed by atoms with van der Waals surface area (Å²) in [6.07, 6.45) is 0. The minimum atomic E-state index is 0.718. The molecule has 2 saturated heterocycles. The minimum absolute atomic E-state index is 0.718. The van der Waals surface area contributed by atoms with Crippen LogP contribution in [0.2, 0.25) is 0 Å². The minimum Gasteiger partial charge on any atom is -0.298 e. The third-order valence-electron chi connectivity index (χ3n) is 4.22. The van der Waals surface area contributed by atoms with E-state index in [4.69, 9.17) is 0 Å². The SMILES string of the molecule is CC.CC(C)N1CCN(C2CN(C(C)C)C2)CC1. The topological polar surface area (TPSA) is 9.72 Å². The normalized spacial score (nSPS) is 24.0. The monoisotopic (exact) mass is 255 g/mol. The summed E-state index contributed by atoms with van der Waals surface area (Å²) in [6, 6.07) is 2.29. The van der Waals surface area contributed by atoms with Crippen LogP contribution in [0, 0.1) is 0 Å². The first-order valence-electron chi connectivity index (χ1n) is 7.80. The Labute approximate surface area is 114 Å². The van der Waals surface area contributed by atoms with Gasteiger partial charge in [0.1, 0.15) is 0 Å². The third-order valence-corrected chi connectivity index (χ3v) is 4.22. The van der Waals surface area contributed by atoms with Crippen LogP contribution < -0.4 is 0 Å². The molecule has 2 rings (SSSR count). The Morgan fingerprint density at radius 1 is 0.722 bits per heavy atom. The van der Waals surface area contributed by atoms with Gasteiger partial charge >= 0.3 is 0 Å². The molecule has 3 heteroatoms. The van der Waals surface area contributed by atoms with Gasteiger partial charge in [-0.3, -0.25) is 14.7 Å². The first-order chi connectivity index (χ1) is 8.58. The van der Waals surface area contributed by atoms with Crippen molar-refractivity contribution in [2.75, 3.05) is 39.3 Å². The first-order valence-corrected chi connectivity index (χ1v) is 7.80. The Bertz CT molecular complexity index is 214. The Kier molecular flexibility index (Phi) is 6.61. The smallest absolute Gasteiger partial charge is 0.0351 e. The van der Waals surface area contributed by atoms with Gasteiger partial charge in [0.15, 0.2) is 0 Å². The molecule has 0 saturated carbocycles. The zero-order valence-corrected chi connectivity index (χ0v) is 13.3. The van der Waals surface area contributed by atoms with Crippen molar-refractivity contribution in [1.82, 2.24) is 14.7 Å². The van der Waals surface area contributed by atoms with Crippen molar-refractivity contribution in [2.45, 2.75) is 59.7 Å². The van der Waals surface area contributed by atoms with Crippen molar-refractivity contribution >= 4 is 0 Å². The van der Waals surface area contributed by atoms with E-state index in [0.717, 1.165) is 18.1 Å². The second-order valence-electron chi connectivity index (χ2n) is 5.87. The molecule has 0 radical (unpaired) electrons. The summed E-state index contributed by atoms with van der Waals surface area (Å²) < 4.78 is 0. The molecule has 2 fully saturated rings. The van der Waals surface area contributed by atoms with Gasteiger partial charge in [0.2, 0.25) is 0 Å². The molecule has 0 bridgehead atoms. The molecule has 0 aromatic carbocycles. The second-order valence-corrected chi connectivity index (χ2v) is 5.87. The van der Waals surface area contributed by atoms with E-state index in [1.807, 2.05) is 13.8 Å². The molecule has 18 heavy (non-hydrogen) atoms. The Morgan fingerprint density at radius 2 is 1.17 bits per heavy atom. The van der Waals surface area contributed by atoms with Gasteiger partial charge in [-0.15, -0.1) is 0 Å². The van der Waals surface area contributed by atoms with E-state index in [-0.39, 0.29) is 0 Å². The molecule has 0 unspecified atom stereocenters. The molecule has 0 amide bonds. The summed E-state index contributed by atoms with van der Waals surface area (Å²) in [4.78, 5) is 7.85. The average Bonchev–Trinajstić information content (AvgIpc) is 2.30. The van der Waals surface area contributed by atoms with Gasteiger partial charge in [0.05, 0.1) is 0 Å². The standard InChI is InChI=1S/C13H27N3.C2H6/c1-11(2)14-5-7-15(8-6-14)13-9-16(10-13)12(3)4;1-2/h11-13H,5-10H2,1-4H3;1-2H3. The van der Waals surface area contributed by atoms with E-state index >= 15 is 0 Å². The lowest BCUT2D eigenvalue weighted by Gasteiger charge is -2.50. The average molecular weight is 255 g/mol. The number of piperazine rings is 1. The van der Waals surface area contributed by atoms with Gasteiger partial charge in [-0.25, -0.2) is 0 Å². The zero-order valence-electron chi connectivity index (χ0n) is 13.3. The van der Waals surface area contributed by atoms with Crippen LogP contribution in [0.1, 0.15) is 41.5 Å². The van der Waals surface area contributed by atoms with Gasteiger partial charge < -0.3 is 0 Å². The lowest BCUT2D eigenvalue weighted by atomic mass is 10.0. The Hall–Kier alpha value is -0.120. The fourth-order valence-corrected chi connectivity index (χ4v) is 2.76. The summed E-state index contributed by atoms with van der Waals surface area (Å²) in [7, 11) is 0. The van der Waals surface area contributed by atoms with Crippen molar-refractivity contribution < 1.29 is 0 Å². The van der Waals surface area contributed by atoms with Gasteiger partial charge in [-0.1, -0.05) is 13.8 Å². The number of likely N-dealkylation sites (tertiary alicyclic amines) is 1. The Balaban J connectivity index is 0.000000771. The van der Waals surface area contributed by atoms with Gasteiger partial charge in [-0.2, -0.15) is 0 Å². The summed E-state index contributed by atoms with van der Waals surface area (Å²) in [5, 5.41) is 0. The lowest BCUT2D eigenvalue weighted by molar-refractivity contribution is -0.0138. The molecule has 0 aromatic rings. The Morgan fingerprint density at radius 3 is 1.56 bits per heavy atom.